The molecule has 1 aromatic rings. The van der Waals surface area contributed by atoms with Crippen LogP contribution in [0.4, 0.5) is 4.39 Å². The summed E-state index contributed by atoms with van der Waals surface area (Å²) in [4.78, 5) is 2.32. The summed E-state index contributed by atoms with van der Waals surface area (Å²) in [5.74, 6) is -0.103. The van der Waals surface area contributed by atoms with E-state index in [0.717, 1.165) is 24.2 Å². The average Bonchev–Trinajstić information content (AvgIpc) is 3.02. The van der Waals surface area contributed by atoms with Crippen LogP contribution in [0.2, 0.25) is 0 Å². The Balaban J connectivity index is 1.97. The summed E-state index contributed by atoms with van der Waals surface area (Å²) >= 11 is 0. The SMILES string of the molecule is NC1CN(C2CC2)Cc2c(F)cccc21. The molecule has 15 heavy (non-hydrogen) atoms. The van der Waals surface area contributed by atoms with E-state index >= 15 is 0 Å². The van der Waals surface area contributed by atoms with Gasteiger partial charge in [-0.15, -0.1) is 0 Å². The standard InChI is InChI=1S/C12H15FN2/c13-11-3-1-2-9-10(11)6-15(7-12(9)14)8-4-5-8/h1-3,8,12H,4-7,14H2. The van der Waals surface area contributed by atoms with Crippen molar-refractivity contribution in [2.75, 3.05) is 6.54 Å². The second-order valence-electron chi connectivity index (χ2n) is 4.57. The molecule has 1 aliphatic carbocycles. The lowest BCUT2D eigenvalue weighted by Crippen LogP contribution is -2.38. The topological polar surface area (TPSA) is 29.3 Å². The number of fused-ring (bicyclic) bond motifs is 1. The van der Waals surface area contributed by atoms with Gasteiger partial charge in [0, 0.05) is 30.7 Å². The van der Waals surface area contributed by atoms with Gasteiger partial charge in [-0.3, -0.25) is 4.90 Å². The van der Waals surface area contributed by atoms with E-state index in [1.165, 1.54) is 18.9 Å². The van der Waals surface area contributed by atoms with Crippen molar-refractivity contribution < 1.29 is 4.39 Å². The smallest absolute Gasteiger partial charge is 0.128 e. The van der Waals surface area contributed by atoms with Crippen LogP contribution < -0.4 is 5.73 Å². The fraction of sp³-hybridized carbons (Fsp3) is 0.500. The lowest BCUT2D eigenvalue weighted by Gasteiger charge is -2.33. The first-order valence-corrected chi connectivity index (χ1v) is 5.52. The fourth-order valence-corrected chi connectivity index (χ4v) is 2.43. The van der Waals surface area contributed by atoms with Gasteiger partial charge in [0.1, 0.15) is 5.82 Å². The molecule has 0 radical (unpaired) electrons. The van der Waals surface area contributed by atoms with Crippen LogP contribution in [0.1, 0.15) is 30.0 Å². The third-order valence-corrected chi connectivity index (χ3v) is 3.41. The van der Waals surface area contributed by atoms with Crippen LogP contribution in [0.15, 0.2) is 18.2 Å². The summed E-state index contributed by atoms with van der Waals surface area (Å²) in [5.41, 5.74) is 7.86. The highest BCUT2D eigenvalue weighted by Crippen LogP contribution is 2.34. The lowest BCUT2D eigenvalue weighted by atomic mass is 9.95. The molecule has 1 aliphatic heterocycles. The molecule has 3 rings (SSSR count). The van der Waals surface area contributed by atoms with Gasteiger partial charge >= 0.3 is 0 Å². The maximum absolute atomic E-state index is 13.6. The van der Waals surface area contributed by atoms with E-state index in [4.69, 9.17) is 5.73 Å². The minimum Gasteiger partial charge on any atom is -0.323 e. The molecule has 2 N–H and O–H groups in total. The number of halogens is 1. The number of nitrogens with two attached hydrogens (primary N) is 1. The Bertz CT molecular complexity index is 387. The molecule has 2 nitrogen and oxygen atoms in total. The average molecular weight is 206 g/mol. The fourth-order valence-electron chi connectivity index (χ4n) is 2.43. The van der Waals surface area contributed by atoms with Crippen LogP contribution in [-0.2, 0) is 6.54 Å². The largest absolute Gasteiger partial charge is 0.323 e. The van der Waals surface area contributed by atoms with Gasteiger partial charge in [0.05, 0.1) is 0 Å². The van der Waals surface area contributed by atoms with Crippen molar-refractivity contribution in [3.05, 3.63) is 35.1 Å². The van der Waals surface area contributed by atoms with Crippen LogP contribution in [-0.4, -0.2) is 17.5 Å². The lowest BCUT2D eigenvalue weighted by molar-refractivity contribution is 0.217. The van der Waals surface area contributed by atoms with Gasteiger partial charge in [-0.05, 0) is 24.5 Å². The van der Waals surface area contributed by atoms with E-state index in [1.54, 1.807) is 6.07 Å². The molecule has 0 saturated heterocycles. The maximum atomic E-state index is 13.6. The first-order chi connectivity index (χ1) is 7.25. The van der Waals surface area contributed by atoms with Crippen LogP contribution in [0.5, 0.6) is 0 Å². The molecule has 1 fully saturated rings. The summed E-state index contributed by atoms with van der Waals surface area (Å²) in [5, 5.41) is 0. The Hall–Kier alpha value is -0.930. The number of benzene rings is 1. The van der Waals surface area contributed by atoms with Crippen LogP contribution >= 0.6 is 0 Å². The van der Waals surface area contributed by atoms with Gasteiger partial charge in [-0.2, -0.15) is 0 Å². The number of rotatable bonds is 1. The highest BCUT2D eigenvalue weighted by molar-refractivity contribution is 5.33. The Morgan fingerprint density at radius 1 is 1.33 bits per heavy atom. The monoisotopic (exact) mass is 206 g/mol. The van der Waals surface area contributed by atoms with Crippen LogP contribution in [0.25, 0.3) is 0 Å². The first kappa shape index (κ1) is 9.31. The molecule has 0 bridgehead atoms. The van der Waals surface area contributed by atoms with Gasteiger partial charge in [0.2, 0.25) is 0 Å². The van der Waals surface area contributed by atoms with Gasteiger partial charge in [-0.25, -0.2) is 4.39 Å². The van der Waals surface area contributed by atoms with Crippen molar-refractivity contribution >= 4 is 0 Å². The molecule has 1 unspecified atom stereocenters. The van der Waals surface area contributed by atoms with Crippen LogP contribution in [0.3, 0.4) is 0 Å². The zero-order chi connectivity index (χ0) is 10.4. The van der Waals surface area contributed by atoms with Gasteiger partial charge < -0.3 is 5.73 Å². The zero-order valence-corrected chi connectivity index (χ0v) is 8.62. The van der Waals surface area contributed by atoms with Gasteiger partial charge in [-0.1, -0.05) is 12.1 Å². The van der Waals surface area contributed by atoms with Crippen molar-refractivity contribution in [1.29, 1.82) is 0 Å². The third kappa shape index (κ3) is 1.56. The maximum Gasteiger partial charge on any atom is 0.128 e. The number of hydrogen-bond acceptors (Lipinski definition) is 2. The summed E-state index contributed by atoms with van der Waals surface area (Å²) < 4.78 is 13.6. The highest BCUT2D eigenvalue weighted by Gasteiger charge is 2.34. The minimum absolute atomic E-state index is 0.0231. The molecular formula is C12H15FN2. The third-order valence-electron chi connectivity index (χ3n) is 3.41. The minimum atomic E-state index is -0.103. The molecule has 1 heterocycles. The predicted octanol–water partition coefficient (Wildman–Crippen LogP) is 1.80. The van der Waals surface area contributed by atoms with E-state index in [9.17, 15) is 4.39 Å². The molecule has 3 heteroatoms. The quantitative estimate of drug-likeness (QED) is 0.759. The van der Waals surface area contributed by atoms with E-state index in [1.807, 2.05) is 6.07 Å². The molecule has 1 atom stereocenters. The first-order valence-electron chi connectivity index (χ1n) is 5.52. The van der Waals surface area contributed by atoms with E-state index in [0.29, 0.717) is 6.04 Å². The molecule has 2 aliphatic rings. The molecule has 1 aromatic carbocycles. The summed E-state index contributed by atoms with van der Waals surface area (Å²) in [6, 6.07) is 5.87. The second kappa shape index (κ2) is 3.29. The molecular weight excluding hydrogens is 191 g/mol. The highest BCUT2D eigenvalue weighted by atomic mass is 19.1. The normalized spacial score (nSPS) is 26.4. The van der Waals surface area contributed by atoms with Crippen LogP contribution in [0, 0.1) is 5.82 Å². The molecule has 1 saturated carbocycles. The van der Waals surface area contributed by atoms with Crippen molar-refractivity contribution in [3.8, 4) is 0 Å². The van der Waals surface area contributed by atoms with Gasteiger partial charge in [0.15, 0.2) is 0 Å². The van der Waals surface area contributed by atoms with E-state index in [-0.39, 0.29) is 11.9 Å². The van der Waals surface area contributed by atoms with Crippen molar-refractivity contribution in [2.45, 2.75) is 31.5 Å². The summed E-state index contributed by atoms with van der Waals surface area (Å²) in [6.07, 6.45) is 2.49. The Morgan fingerprint density at radius 2 is 2.13 bits per heavy atom. The summed E-state index contributed by atoms with van der Waals surface area (Å²) in [7, 11) is 0. The van der Waals surface area contributed by atoms with E-state index < -0.39 is 0 Å². The molecule has 0 aromatic heterocycles. The van der Waals surface area contributed by atoms with Crippen molar-refractivity contribution in [3.63, 3.8) is 0 Å². The van der Waals surface area contributed by atoms with E-state index in [2.05, 4.69) is 4.90 Å². The Labute approximate surface area is 88.9 Å². The predicted molar refractivity (Wildman–Crippen MR) is 56.8 cm³/mol. The number of nitrogens with zero attached hydrogens (tertiary/aromatic N) is 1. The number of hydrogen-bond donors (Lipinski definition) is 1. The molecule has 0 amide bonds. The van der Waals surface area contributed by atoms with Crippen molar-refractivity contribution in [2.24, 2.45) is 5.73 Å². The zero-order valence-electron chi connectivity index (χ0n) is 8.62. The second-order valence-corrected chi connectivity index (χ2v) is 4.57. The molecule has 80 valence electrons. The Morgan fingerprint density at radius 3 is 2.87 bits per heavy atom. The summed E-state index contributed by atoms with van der Waals surface area (Å²) in [6.45, 7) is 1.61. The molecule has 0 spiro atoms. The van der Waals surface area contributed by atoms with Gasteiger partial charge in [0.25, 0.3) is 0 Å². The Kier molecular flexibility index (Phi) is 2.04. The van der Waals surface area contributed by atoms with Crippen molar-refractivity contribution in [1.82, 2.24) is 4.90 Å².